The maximum atomic E-state index is 12.6. The average molecular weight is 637 g/mol. The molecule has 1 saturated heterocycles. The summed E-state index contributed by atoms with van der Waals surface area (Å²) in [5.74, 6) is 0.0878. The van der Waals surface area contributed by atoms with Gasteiger partial charge in [-0.15, -0.1) is 0 Å². The molecule has 43 heavy (non-hydrogen) atoms. The third kappa shape index (κ3) is 10.1. The minimum atomic E-state index is -0.567. The zero-order valence-electron chi connectivity index (χ0n) is 24.5. The average Bonchev–Trinajstić information content (AvgIpc) is 3.01. The van der Waals surface area contributed by atoms with Gasteiger partial charge in [-0.2, -0.15) is 0 Å². The Morgan fingerprint density at radius 2 is 1.65 bits per heavy atom. The van der Waals surface area contributed by atoms with E-state index in [-0.39, 0.29) is 25.5 Å². The van der Waals surface area contributed by atoms with Crippen LogP contribution in [0.25, 0.3) is 10.9 Å². The van der Waals surface area contributed by atoms with Crippen LogP contribution < -0.4 is 15.2 Å². The Balaban J connectivity index is 1.18. The first-order valence-electron chi connectivity index (χ1n) is 14.4. The van der Waals surface area contributed by atoms with Crippen molar-refractivity contribution < 1.29 is 28.5 Å². The number of esters is 1. The first kappa shape index (κ1) is 33.0. The number of aromatic nitrogens is 1. The highest BCUT2D eigenvalue weighted by atomic mass is 35.5. The van der Waals surface area contributed by atoms with Crippen molar-refractivity contribution in [1.82, 2.24) is 9.47 Å². The molecule has 0 atom stereocenters. The number of rotatable bonds is 17. The van der Waals surface area contributed by atoms with Gasteiger partial charge < -0.3 is 28.6 Å². The van der Waals surface area contributed by atoms with Gasteiger partial charge in [-0.25, -0.2) is 4.79 Å². The molecule has 2 aromatic carbocycles. The van der Waals surface area contributed by atoms with E-state index in [1.807, 2.05) is 30.3 Å². The Hall–Kier alpha value is -2.86. The molecular formula is C31H39Cl2N3O7. The van der Waals surface area contributed by atoms with Gasteiger partial charge in [-0.05, 0) is 55.1 Å². The predicted octanol–water partition coefficient (Wildman–Crippen LogP) is 4.47. The highest BCUT2D eigenvalue weighted by molar-refractivity contribution is 6.43. The molecule has 2 heterocycles. The summed E-state index contributed by atoms with van der Waals surface area (Å²) < 4.78 is 28.2. The lowest BCUT2D eigenvalue weighted by Gasteiger charge is -2.36. The summed E-state index contributed by atoms with van der Waals surface area (Å²) in [4.78, 5) is 29.4. The monoisotopic (exact) mass is 635 g/mol. The Labute approximate surface area is 261 Å². The van der Waals surface area contributed by atoms with Gasteiger partial charge >= 0.3 is 5.97 Å². The number of nitrogens with zero attached hydrogens (tertiary/aromatic N) is 3. The fourth-order valence-electron chi connectivity index (χ4n) is 4.76. The minimum absolute atomic E-state index is 0.219. The largest absolute Gasteiger partial charge is 0.494 e. The van der Waals surface area contributed by atoms with Crippen molar-refractivity contribution in [3.05, 3.63) is 68.9 Å². The molecule has 0 radical (unpaired) electrons. The number of piperazine rings is 1. The van der Waals surface area contributed by atoms with Crippen molar-refractivity contribution in [1.29, 1.82) is 0 Å². The molecule has 0 N–H and O–H groups in total. The SMILES string of the molecule is COCCOCCOCC(=O)OCn1c(=O)ccc2ccc(OCCCCN3CCN(c4cccc(Cl)c4Cl)CC3)cc21. The molecule has 0 spiro atoms. The lowest BCUT2D eigenvalue weighted by molar-refractivity contribution is -0.153. The van der Waals surface area contributed by atoms with Crippen molar-refractivity contribution in [2.75, 3.05) is 84.4 Å². The summed E-state index contributed by atoms with van der Waals surface area (Å²) >= 11 is 12.6. The van der Waals surface area contributed by atoms with E-state index in [0.29, 0.717) is 47.7 Å². The summed E-state index contributed by atoms with van der Waals surface area (Å²) in [6.07, 6.45) is 1.91. The van der Waals surface area contributed by atoms with Crippen molar-refractivity contribution in [3.63, 3.8) is 0 Å². The number of fused-ring (bicyclic) bond motifs is 1. The van der Waals surface area contributed by atoms with Crippen LogP contribution in [0, 0.1) is 0 Å². The van der Waals surface area contributed by atoms with Gasteiger partial charge in [0.2, 0.25) is 0 Å². The second-order valence-corrected chi connectivity index (χ2v) is 10.9. The van der Waals surface area contributed by atoms with Crippen LogP contribution >= 0.6 is 23.2 Å². The third-order valence-electron chi connectivity index (χ3n) is 7.12. The lowest BCUT2D eigenvalue weighted by atomic mass is 10.2. The number of benzene rings is 2. The number of carbonyl (C=O) groups excluding carboxylic acids is 1. The van der Waals surface area contributed by atoms with E-state index in [4.69, 9.17) is 46.9 Å². The summed E-state index contributed by atoms with van der Waals surface area (Å²) in [5, 5.41) is 2.03. The number of pyridine rings is 1. The number of anilines is 1. The maximum absolute atomic E-state index is 12.6. The van der Waals surface area contributed by atoms with Crippen molar-refractivity contribution in [2.24, 2.45) is 0 Å². The molecule has 0 amide bonds. The molecule has 0 bridgehead atoms. The molecular weight excluding hydrogens is 597 g/mol. The minimum Gasteiger partial charge on any atom is -0.494 e. The topological polar surface area (TPSA) is 91.7 Å². The Morgan fingerprint density at radius 1 is 0.884 bits per heavy atom. The van der Waals surface area contributed by atoms with Crippen molar-refractivity contribution >= 4 is 45.8 Å². The number of unbranched alkanes of at least 4 members (excludes halogenated alkanes) is 1. The highest BCUT2D eigenvalue weighted by Crippen LogP contribution is 2.32. The maximum Gasteiger partial charge on any atom is 0.333 e. The molecule has 4 rings (SSSR count). The molecule has 10 nitrogen and oxygen atoms in total. The fourth-order valence-corrected chi connectivity index (χ4v) is 5.18. The van der Waals surface area contributed by atoms with E-state index in [0.717, 1.165) is 56.6 Å². The molecule has 1 fully saturated rings. The Kier molecular flexibility index (Phi) is 13.4. The van der Waals surface area contributed by atoms with Crippen LogP contribution in [-0.4, -0.2) is 94.9 Å². The normalized spacial score (nSPS) is 13.9. The number of ether oxygens (including phenoxy) is 5. The summed E-state index contributed by atoms with van der Waals surface area (Å²) in [5.41, 5.74) is 1.34. The number of hydrogen-bond donors (Lipinski definition) is 0. The Bertz CT molecular complexity index is 1380. The molecule has 0 unspecified atom stereocenters. The molecule has 1 aliphatic heterocycles. The van der Waals surface area contributed by atoms with E-state index >= 15 is 0 Å². The second-order valence-electron chi connectivity index (χ2n) is 10.1. The van der Waals surface area contributed by atoms with E-state index in [1.165, 1.54) is 10.6 Å². The summed E-state index contributed by atoms with van der Waals surface area (Å²) in [6, 6.07) is 14.5. The van der Waals surface area contributed by atoms with Crippen LogP contribution in [0.1, 0.15) is 12.8 Å². The van der Waals surface area contributed by atoms with Crippen LogP contribution in [0.15, 0.2) is 53.3 Å². The zero-order valence-corrected chi connectivity index (χ0v) is 26.0. The van der Waals surface area contributed by atoms with E-state index in [2.05, 4.69) is 9.80 Å². The molecule has 1 aliphatic rings. The quantitative estimate of drug-likeness (QED) is 0.157. The lowest BCUT2D eigenvalue weighted by Crippen LogP contribution is -2.46. The van der Waals surface area contributed by atoms with Crippen LogP contribution in [-0.2, 0) is 30.5 Å². The smallest absolute Gasteiger partial charge is 0.333 e. The number of carbonyl (C=O) groups is 1. The van der Waals surface area contributed by atoms with E-state index in [9.17, 15) is 9.59 Å². The summed E-state index contributed by atoms with van der Waals surface area (Å²) in [6.45, 7) is 6.40. The first-order chi connectivity index (χ1) is 21.0. The molecule has 234 valence electrons. The molecule has 1 aromatic heterocycles. The predicted molar refractivity (Wildman–Crippen MR) is 168 cm³/mol. The van der Waals surface area contributed by atoms with Gasteiger partial charge in [0.1, 0.15) is 12.4 Å². The number of methoxy groups -OCH3 is 1. The fraction of sp³-hybridized carbons (Fsp3) is 0.484. The number of hydrogen-bond acceptors (Lipinski definition) is 9. The third-order valence-corrected chi connectivity index (χ3v) is 7.93. The number of halogens is 2. The van der Waals surface area contributed by atoms with Gasteiger partial charge in [0, 0.05) is 45.4 Å². The molecule has 0 saturated carbocycles. The van der Waals surface area contributed by atoms with Gasteiger partial charge in [0.25, 0.3) is 5.56 Å². The van der Waals surface area contributed by atoms with E-state index in [1.54, 1.807) is 19.2 Å². The van der Waals surface area contributed by atoms with E-state index < -0.39 is 5.97 Å². The first-order valence-corrected chi connectivity index (χ1v) is 15.2. The second kappa shape index (κ2) is 17.4. The van der Waals surface area contributed by atoms with Crippen molar-refractivity contribution in [2.45, 2.75) is 19.6 Å². The van der Waals surface area contributed by atoms with Crippen molar-refractivity contribution in [3.8, 4) is 5.75 Å². The molecule has 12 heteroatoms. The molecule has 3 aromatic rings. The van der Waals surface area contributed by atoms with Gasteiger partial charge in [-0.3, -0.25) is 14.3 Å². The summed E-state index contributed by atoms with van der Waals surface area (Å²) in [7, 11) is 1.60. The van der Waals surface area contributed by atoms with Crippen LogP contribution in [0.4, 0.5) is 5.69 Å². The highest BCUT2D eigenvalue weighted by Gasteiger charge is 2.19. The standard InChI is InChI=1S/C31H39Cl2N3O7/c1-39-17-18-40-19-20-41-22-30(38)43-23-36-28-21-25(9-7-24(28)8-10-29(36)37)42-16-3-2-11-34-12-14-35(15-13-34)27-6-4-5-26(32)31(27)33/h4-10,21H,2-3,11-20,22-23H2,1H3. The molecule has 0 aliphatic carbocycles. The van der Waals surface area contributed by atoms with Gasteiger partial charge in [-0.1, -0.05) is 29.3 Å². The van der Waals surface area contributed by atoms with Crippen LogP contribution in [0.3, 0.4) is 0 Å². The van der Waals surface area contributed by atoms with Crippen LogP contribution in [0.5, 0.6) is 5.75 Å². The Morgan fingerprint density at radius 3 is 2.47 bits per heavy atom. The van der Waals surface area contributed by atoms with Gasteiger partial charge in [0.05, 0.1) is 54.3 Å². The zero-order chi connectivity index (χ0) is 30.4. The van der Waals surface area contributed by atoms with Gasteiger partial charge in [0.15, 0.2) is 6.73 Å². The van der Waals surface area contributed by atoms with Crippen LogP contribution in [0.2, 0.25) is 10.0 Å².